The Morgan fingerprint density at radius 3 is 2.48 bits per heavy atom. The molecule has 0 unspecified atom stereocenters. The number of carbonyl (C=O) groups is 1. The van der Waals surface area contributed by atoms with Crippen molar-refractivity contribution in [3.63, 3.8) is 0 Å². The van der Waals surface area contributed by atoms with Crippen LogP contribution in [0.15, 0.2) is 6.33 Å². The standard InChI is InChI=1S/C17H25N3O2S/c1-10-11-13(20-17(5,6)8-16(2,3)4)18-9-19-14(11)23-12(10)15(21)22-7/h9H,8H2,1-7H3,(H,18,19,20). The minimum Gasteiger partial charge on any atom is -0.465 e. The average molecular weight is 335 g/mol. The molecular weight excluding hydrogens is 310 g/mol. The summed E-state index contributed by atoms with van der Waals surface area (Å²) in [6, 6.07) is 0. The van der Waals surface area contributed by atoms with Gasteiger partial charge in [0.1, 0.15) is 21.9 Å². The number of carbonyl (C=O) groups excluding carboxylic acids is 1. The molecule has 2 aromatic rings. The number of aryl methyl sites for hydroxylation is 1. The number of ether oxygens (including phenoxy) is 1. The number of thiophene rings is 1. The minimum atomic E-state index is -0.328. The van der Waals surface area contributed by atoms with E-state index in [4.69, 9.17) is 4.74 Å². The van der Waals surface area contributed by atoms with E-state index in [1.807, 2.05) is 6.92 Å². The van der Waals surface area contributed by atoms with Crippen LogP contribution in [0.3, 0.4) is 0 Å². The quantitative estimate of drug-likeness (QED) is 0.838. The molecule has 0 aliphatic heterocycles. The summed E-state index contributed by atoms with van der Waals surface area (Å²) < 4.78 is 4.86. The first-order chi connectivity index (χ1) is 10.5. The lowest BCUT2D eigenvalue weighted by molar-refractivity contribution is 0.0605. The molecule has 0 aliphatic rings. The maximum absolute atomic E-state index is 11.9. The summed E-state index contributed by atoms with van der Waals surface area (Å²) in [5.41, 5.74) is 0.939. The van der Waals surface area contributed by atoms with Gasteiger partial charge in [-0.3, -0.25) is 0 Å². The lowest BCUT2D eigenvalue weighted by atomic mass is 9.82. The van der Waals surface area contributed by atoms with Gasteiger partial charge in [0.05, 0.1) is 12.5 Å². The maximum atomic E-state index is 11.9. The van der Waals surface area contributed by atoms with Crippen molar-refractivity contribution in [3.05, 3.63) is 16.8 Å². The number of esters is 1. The van der Waals surface area contributed by atoms with Gasteiger partial charge in [-0.1, -0.05) is 20.8 Å². The van der Waals surface area contributed by atoms with Crippen LogP contribution in [0.5, 0.6) is 0 Å². The van der Waals surface area contributed by atoms with Crippen molar-refractivity contribution in [3.8, 4) is 0 Å². The van der Waals surface area contributed by atoms with Crippen LogP contribution in [-0.4, -0.2) is 28.6 Å². The zero-order chi connectivity index (χ0) is 17.4. The molecule has 0 saturated heterocycles. The largest absolute Gasteiger partial charge is 0.465 e. The lowest BCUT2D eigenvalue weighted by Crippen LogP contribution is -2.35. The van der Waals surface area contributed by atoms with Gasteiger partial charge in [0.2, 0.25) is 0 Å². The molecule has 0 amide bonds. The van der Waals surface area contributed by atoms with Gasteiger partial charge in [-0.15, -0.1) is 11.3 Å². The minimum absolute atomic E-state index is 0.126. The highest BCUT2D eigenvalue weighted by Gasteiger charge is 2.27. The summed E-state index contributed by atoms with van der Waals surface area (Å²) in [4.78, 5) is 22.0. The first kappa shape index (κ1) is 17.7. The Hall–Kier alpha value is -1.69. The van der Waals surface area contributed by atoms with Gasteiger partial charge >= 0.3 is 5.97 Å². The Kier molecular flexibility index (Phi) is 4.66. The Balaban J connectivity index is 2.46. The Morgan fingerprint density at radius 2 is 1.91 bits per heavy atom. The van der Waals surface area contributed by atoms with Gasteiger partial charge in [-0.2, -0.15) is 0 Å². The van der Waals surface area contributed by atoms with Gasteiger partial charge in [0.25, 0.3) is 0 Å². The third-order valence-corrected chi connectivity index (χ3v) is 4.71. The molecule has 0 spiro atoms. The zero-order valence-corrected chi connectivity index (χ0v) is 15.7. The van der Waals surface area contributed by atoms with E-state index in [0.29, 0.717) is 4.88 Å². The highest BCUT2D eigenvalue weighted by Crippen LogP contribution is 2.36. The Morgan fingerprint density at radius 1 is 1.26 bits per heavy atom. The van der Waals surface area contributed by atoms with Crippen molar-refractivity contribution in [1.29, 1.82) is 0 Å². The predicted molar refractivity (Wildman–Crippen MR) is 95.3 cm³/mol. The van der Waals surface area contributed by atoms with Crippen LogP contribution in [0.4, 0.5) is 5.82 Å². The van der Waals surface area contributed by atoms with Gasteiger partial charge in [-0.25, -0.2) is 14.8 Å². The topological polar surface area (TPSA) is 64.1 Å². The van der Waals surface area contributed by atoms with Crippen LogP contribution >= 0.6 is 11.3 Å². The number of rotatable bonds is 4. The first-order valence-corrected chi connectivity index (χ1v) is 8.46. The van der Waals surface area contributed by atoms with Crippen molar-refractivity contribution >= 4 is 33.3 Å². The maximum Gasteiger partial charge on any atom is 0.348 e. The number of aromatic nitrogens is 2. The van der Waals surface area contributed by atoms with E-state index < -0.39 is 0 Å². The molecular formula is C17H25N3O2S. The number of nitrogens with zero attached hydrogens (tertiary/aromatic N) is 2. The van der Waals surface area contributed by atoms with Crippen LogP contribution in [0.25, 0.3) is 10.2 Å². The van der Waals surface area contributed by atoms with Crippen molar-refractivity contribution in [2.75, 3.05) is 12.4 Å². The molecule has 126 valence electrons. The number of hydrogen-bond acceptors (Lipinski definition) is 6. The van der Waals surface area contributed by atoms with Gasteiger partial charge in [0.15, 0.2) is 0 Å². The average Bonchev–Trinajstić information content (AvgIpc) is 2.73. The fourth-order valence-corrected chi connectivity index (χ4v) is 4.21. The summed E-state index contributed by atoms with van der Waals surface area (Å²) in [5, 5.41) is 4.44. The third kappa shape index (κ3) is 3.99. The van der Waals surface area contributed by atoms with E-state index in [2.05, 4.69) is 49.9 Å². The van der Waals surface area contributed by atoms with Gasteiger partial charge in [-0.05, 0) is 38.2 Å². The SMILES string of the molecule is COC(=O)c1sc2ncnc(NC(C)(C)CC(C)(C)C)c2c1C. The van der Waals surface area contributed by atoms with E-state index in [-0.39, 0.29) is 16.9 Å². The summed E-state index contributed by atoms with van der Waals surface area (Å²) >= 11 is 1.34. The van der Waals surface area contributed by atoms with E-state index in [1.54, 1.807) is 0 Å². The Bertz CT molecular complexity index is 729. The zero-order valence-electron chi connectivity index (χ0n) is 14.9. The number of nitrogens with one attached hydrogen (secondary N) is 1. The molecule has 0 aromatic carbocycles. The number of methoxy groups -OCH3 is 1. The lowest BCUT2D eigenvalue weighted by Gasteiger charge is -2.34. The molecule has 2 aromatic heterocycles. The number of hydrogen-bond donors (Lipinski definition) is 1. The first-order valence-electron chi connectivity index (χ1n) is 7.65. The second kappa shape index (κ2) is 6.07. The molecule has 2 rings (SSSR count). The number of anilines is 1. The molecule has 0 fully saturated rings. The van der Waals surface area contributed by atoms with Gasteiger partial charge in [0, 0.05) is 5.54 Å². The van der Waals surface area contributed by atoms with Crippen molar-refractivity contribution < 1.29 is 9.53 Å². The van der Waals surface area contributed by atoms with E-state index in [0.717, 1.165) is 28.0 Å². The normalized spacial score (nSPS) is 12.5. The molecule has 23 heavy (non-hydrogen) atoms. The highest BCUT2D eigenvalue weighted by molar-refractivity contribution is 7.20. The molecule has 6 heteroatoms. The van der Waals surface area contributed by atoms with E-state index in [9.17, 15) is 4.79 Å². The third-order valence-electron chi connectivity index (χ3n) is 3.53. The monoisotopic (exact) mass is 335 g/mol. The van der Waals surface area contributed by atoms with Crippen LogP contribution < -0.4 is 5.32 Å². The fraction of sp³-hybridized carbons (Fsp3) is 0.588. The van der Waals surface area contributed by atoms with Crippen LogP contribution in [0.2, 0.25) is 0 Å². The molecule has 2 heterocycles. The van der Waals surface area contributed by atoms with Crippen LogP contribution in [-0.2, 0) is 4.74 Å². The summed E-state index contributed by atoms with van der Waals surface area (Å²) in [6.45, 7) is 12.9. The second-order valence-corrected chi connectivity index (χ2v) is 8.70. The van der Waals surface area contributed by atoms with Crippen molar-refractivity contribution in [2.45, 2.75) is 53.5 Å². The smallest absolute Gasteiger partial charge is 0.348 e. The number of fused-ring (bicyclic) bond motifs is 1. The second-order valence-electron chi connectivity index (χ2n) is 7.70. The molecule has 0 aliphatic carbocycles. The summed E-state index contributed by atoms with van der Waals surface area (Å²) in [5.74, 6) is 0.443. The van der Waals surface area contributed by atoms with Crippen molar-refractivity contribution in [1.82, 2.24) is 9.97 Å². The molecule has 1 N–H and O–H groups in total. The molecule has 0 radical (unpaired) electrons. The van der Waals surface area contributed by atoms with E-state index in [1.165, 1.54) is 24.8 Å². The molecule has 5 nitrogen and oxygen atoms in total. The van der Waals surface area contributed by atoms with Crippen LogP contribution in [0.1, 0.15) is 56.3 Å². The van der Waals surface area contributed by atoms with Gasteiger partial charge < -0.3 is 10.1 Å². The summed E-state index contributed by atoms with van der Waals surface area (Å²) in [7, 11) is 1.39. The van der Waals surface area contributed by atoms with Crippen LogP contribution in [0, 0.1) is 12.3 Å². The van der Waals surface area contributed by atoms with Crippen molar-refractivity contribution in [2.24, 2.45) is 5.41 Å². The summed E-state index contributed by atoms with van der Waals surface area (Å²) in [6.07, 6.45) is 2.52. The highest BCUT2D eigenvalue weighted by atomic mass is 32.1. The molecule has 0 atom stereocenters. The Labute approximate surface area is 141 Å². The predicted octanol–water partition coefficient (Wildman–Crippen LogP) is 4.41. The fourth-order valence-electron chi connectivity index (χ4n) is 3.14. The van der Waals surface area contributed by atoms with E-state index >= 15 is 0 Å². The molecule has 0 bridgehead atoms. The molecule has 0 saturated carbocycles.